The number of carbonyl (C=O) groups excluding carboxylic acids is 1. The van der Waals surface area contributed by atoms with Crippen molar-refractivity contribution in [2.75, 3.05) is 26.2 Å². The zero-order valence-electron chi connectivity index (χ0n) is 19.4. The molecule has 2 fully saturated rings. The Kier molecular flexibility index (Phi) is 6.52. The van der Waals surface area contributed by atoms with Crippen LogP contribution < -0.4 is 5.63 Å². The minimum atomic E-state index is -0.288. The van der Waals surface area contributed by atoms with Crippen LogP contribution in [-0.2, 0) is 11.3 Å². The Labute approximate surface area is 185 Å². The summed E-state index contributed by atoms with van der Waals surface area (Å²) < 4.78 is 5.51. The van der Waals surface area contributed by atoms with E-state index in [0.717, 1.165) is 68.5 Å². The lowest BCUT2D eigenvalue weighted by Gasteiger charge is -2.37. The first-order chi connectivity index (χ1) is 14.8. The lowest BCUT2D eigenvalue weighted by Crippen LogP contribution is -2.45. The summed E-state index contributed by atoms with van der Waals surface area (Å²) in [4.78, 5) is 29.6. The van der Waals surface area contributed by atoms with Crippen molar-refractivity contribution in [3.8, 4) is 0 Å². The zero-order chi connectivity index (χ0) is 22.1. The molecule has 0 saturated carbocycles. The van der Waals surface area contributed by atoms with Crippen LogP contribution in [0, 0.1) is 18.8 Å². The summed E-state index contributed by atoms with van der Waals surface area (Å²) in [6.45, 7) is 13.1. The summed E-state index contributed by atoms with van der Waals surface area (Å²) in [6.07, 6.45) is 4.17. The highest BCUT2D eigenvalue weighted by Gasteiger charge is 2.30. The van der Waals surface area contributed by atoms with Gasteiger partial charge >= 0.3 is 5.63 Å². The van der Waals surface area contributed by atoms with Crippen molar-refractivity contribution in [1.29, 1.82) is 0 Å². The van der Waals surface area contributed by atoms with Gasteiger partial charge in [-0.3, -0.25) is 9.69 Å². The minimum Gasteiger partial charge on any atom is -0.423 e. The Morgan fingerprint density at radius 1 is 1.13 bits per heavy atom. The predicted molar refractivity (Wildman–Crippen MR) is 124 cm³/mol. The quantitative estimate of drug-likeness (QED) is 0.668. The summed E-state index contributed by atoms with van der Waals surface area (Å²) >= 11 is 0. The van der Waals surface area contributed by atoms with Gasteiger partial charge < -0.3 is 9.32 Å². The highest BCUT2D eigenvalue weighted by Crippen LogP contribution is 2.29. The number of aryl methyl sites for hydroxylation is 1. The Morgan fingerprint density at radius 3 is 2.55 bits per heavy atom. The second-order valence-corrected chi connectivity index (χ2v) is 10.0. The van der Waals surface area contributed by atoms with Crippen LogP contribution in [0.1, 0.15) is 69.1 Å². The standard InChI is InChI=1S/C26H36N2O3/c1-17(2)22-14-23-21(13-25(29)31-24(23)12-19(22)4)16-27-10-7-20(8-11-27)26(30)28-9-5-6-18(3)15-28/h12-14,17-18,20H,5-11,15-16H2,1-4H3. The smallest absolute Gasteiger partial charge is 0.336 e. The highest BCUT2D eigenvalue weighted by molar-refractivity contribution is 5.82. The average Bonchev–Trinajstić information content (AvgIpc) is 2.73. The molecule has 1 amide bonds. The largest absolute Gasteiger partial charge is 0.423 e. The molecule has 168 valence electrons. The van der Waals surface area contributed by atoms with Crippen LogP contribution in [0.3, 0.4) is 0 Å². The maximum atomic E-state index is 13.0. The number of likely N-dealkylation sites (tertiary alicyclic amines) is 2. The van der Waals surface area contributed by atoms with Crippen LogP contribution in [0.4, 0.5) is 0 Å². The monoisotopic (exact) mass is 424 g/mol. The molecule has 0 spiro atoms. The Balaban J connectivity index is 1.46. The molecule has 0 bridgehead atoms. The third kappa shape index (κ3) is 4.87. The number of rotatable bonds is 4. The van der Waals surface area contributed by atoms with Crippen molar-refractivity contribution in [1.82, 2.24) is 9.80 Å². The van der Waals surface area contributed by atoms with Crippen LogP contribution in [0.2, 0.25) is 0 Å². The lowest BCUT2D eigenvalue weighted by molar-refractivity contribution is -0.138. The van der Waals surface area contributed by atoms with Crippen LogP contribution in [-0.4, -0.2) is 41.9 Å². The van der Waals surface area contributed by atoms with Gasteiger partial charge in [-0.2, -0.15) is 0 Å². The van der Waals surface area contributed by atoms with Gasteiger partial charge in [0.25, 0.3) is 0 Å². The van der Waals surface area contributed by atoms with E-state index < -0.39 is 0 Å². The van der Waals surface area contributed by atoms with E-state index in [1.165, 1.54) is 12.0 Å². The SMILES string of the molecule is Cc1cc2oc(=O)cc(CN3CCC(C(=O)N4CCCC(C)C4)CC3)c2cc1C(C)C. The van der Waals surface area contributed by atoms with Gasteiger partial charge in [0, 0.05) is 37.0 Å². The van der Waals surface area contributed by atoms with Crippen LogP contribution >= 0.6 is 0 Å². The fraction of sp³-hybridized carbons (Fsp3) is 0.615. The van der Waals surface area contributed by atoms with Gasteiger partial charge in [0.15, 0.2) is 0 Å². The first-order valence-electron chi connectivity index (χ1n) is 11.9. The van der Waals surface area contributed by atoms with Crippen LogP contribution in [0.15, 0.2) is 27.4 Å². The Bertz CT molecular complexity index is 1000. The molecule has 2 aliphatic heterocycles. The van der Waals surface area contributed by atoms with Gasteiger partial charge in [-0.25, -0.2) is 4.79 Å². The predicted octanol–water partition coefficient (Wildman–Crippen LogP) is 4.70. The third-order valence-electron chi connectivity index (χ3n) is 7.14. The summed E-state index contributed by atoms with van der Waals surface area (Å²) in [6, 6.07) is 5.84. The molecule has 0 radical (unpaired) electrons. The van der Waals surface area contributed by atoms with E-state index in [2.05, 4.69) is 43.6 Å². The molecular weight excluding hydrogens is 388 g/mol. The van der Waals surface area contributed by atoms with Crippen molar-refractivity contribution >= 4 is 16.9 Å². The third-order valence-corrected chi connectivity index (χ3v) is 7.14. The van der Waals surface area contributed by atoms with Gasteiger partial charge in [0.2, 0.25) is 5.91 Å². The average molecular weight is 425 g/mol. The van der Waals surface area contributed by atoms with Gasteiger partial charge in [0.1, 0.15) is 5.58 Å². The Morgan fingerprint density at radius 2 is 1.87 bits per heavy atom. The van der Waals surface area contributed by atoms with Crippen molar-refractivity contribution in [2.45, 2.75) is 65.8 Å². The molecule has 2 saturated heterocycles. The Hall–Kier alpha value is -2.14. The van der Waals surface area contributed by atoms with Crippen molar-refractivity contribution in [3.05, 3.63) is 45.3 Å². The molecule has 2 aliphatic rings. The van der Waals surface area contributed by atoms with Crippen molar-refractivity contribution < 1.29 is 9.21 Å². The summed E-state index contributed by atoms with van der Waals surface area (Å²) in [7, 11) is 0. The van der Waals surface area contributed by atoms with Crippen LogP contribution in [0.5, 0.6) is 0 Å². The van der Waals surface area contributed by atoms with E-state index in [9.17, 15) is 9.59 Å². The summed E-state index contributed by atoms with van der Waals surface area (Å²) in [5.41, 5.74) is 3.87. The van der Waals surface area contributed by atoms with Gasteiger partial charge in [-0.1, -0.05) is 20.8 Å². The zero-order valence-corrected chi connectivity index (χ0v) is 19.4. The van der Waals surface area contributed by atoms with E-state index in [1.807, 2.05) is 6.07 Å². The van der Waals surface area contributed by atoms with Gasteiger partial charge in [-0.15, -0.1) is 0 Å². The molecule has 1 aromatic carbocycles. The maximum Gasteiger partial charge on any atom is 0.336 e. The van der Waals surface area contributed by atoms with Gasteiger partial charge in [-0.05, 0) is 86.4 Å². The molecule has 3 heterocycles. The molecule has 0 N–H and O–H groups in total. The summed E-state index contributed by atoms with van der Waals surface area (Å²) in [5, 5.41) is 1.04. The molecule has 1 atom stereocenters. The number of fused-ring (bicyclic) bond motifs is 1. The fourth-order valence-electron chi connectivity index (χ4n) is 5.37. The van der Waals surface area contributed by atoms with Gasteiger partial charge in [0.05, 0.1) is 0 Å². The number of amides is 1. The first-order valence-corrected chi connectivity index (χ1v) is 11.9. The maximum absolute atomic E-state index is 13.0. The molecular formula is C26H36N2O3. The number of piperidine rings is 2. The molecule has 1 unspecified atom stereocenters. The normalized spacial score (nSPS) is 21.2. The van der Waals surface area contributed by atoms with E-state index in [4.69, 9.17) is 4.42 Å². The molecule has 31 heavy (non-hydrogen) atoms. The van der Waals surface area contributed by atoms with E-state index in [0.29, 0.717) is 23.3 Å². The first kappa shape index (κ1) is 22.1. The highest BCUT2D eigenvalue weighted by atomic mass is 16.4. The lowest BCUT2D eigenvalue weighted by atomic mass is 9.92. The molecule has 0 aliphatic carbocycles. The number of hydrogen-bond acceptors (Lipinski definition) is 4. The molecule has 5 heteroatoms. The second-order valence-electron chi connectivity index (χ2n) is 10.0. The van der Waals surface area contributed by atoms with Crippen molar-refractivity contribution in [2.24, 2.45) is 11.8 Å². The number of benzene rings is 1. The summed E-state index contributed by atoms with van der Waals surface area (Å²) in [5.74, 6) is 1.54. The molecule has 2 aromatic rings. The van der Waals surface area contributed by atoms with E-state index >= 15 is 0 Å². The van der Waals surface area contributed by atoms with Crippen LogP contribution in [0.25, 0.3) is 11.0 Å². The molecule has 5 nitrogen and oxygen atoms in total. The molecule has 4 rings (SSSR count). The second kappa shape index (κ2) is 9.15. The number of hydrogen-bond donors (Lipinski definition) is 0. The fourth-order valence-corrected chi connectivity index (χ4v) is 5.37. The van der Waals surface area contributed by atoms with Crippen molar-refractivity contribution in [3.63, 3.8) is 0 Å². The molecule has 1 aromatic heterocycles. The number of carbonyl (C=O) groups is 1. The topological polar surface area (TPSA) is 53.8 Å². The number of nitrogens with zero attached hydrogens (tertiary/aromatic N) is 2. The minimum absolute atomic E-state index is 0.148. The van der Waals surface area contributed by atoms with E-state index in [1.54, 1.807) is 6.07 Å². The van der Waals surface area contributed by atoms with E-state index in [-0.39, 0.29) is 11.5 Å².